The van der Waals surface area contributed by atoms with E-state index in [-0.39, 0.29) is 45.4 Å². The molecule has 0 saturated carbocycles. The number of nitrogens with one attached hydrogen (secondary N) is 4. The number of benzene rings is 2. The summed E-state index contributed by atoms with van der Waals surface area (Å²) in [7, 11) is 0. The van der Waals surface area contributed by atoms with Gasteiger partial charge in [0.15, 0.2) is 0 Å². The van der Waals surface area contributed by atoms with Crippen molar-refractivity contribution in [2.75, 3.05) is 18.4 Å². The van der Waals surface area contributed by atoms with E-state index >= 15 is 0 Å². The quantitative estimate of drug-likeness (QED) is 0.264. The Bertz CT molecular complexity index is 1490. The molecule has 3 aromatic rings. The van der Waals surface area contributed by atoms with E-state index in [2.05, 4.69) is 25.9 Å². The Kier molecular flexibility index (Phi) is 9.58. The number of urea groups is 1. The molecule has 1 saturated heterocycles. The van der Waals surface area contributed by atoms with Crippen LogP contribution < -0.4 is 21.6 Å². The fraction of sp³-hybridized carbons (Fsp3) is 0.259. The van der Waals surface area contributed by atoms with Crippen LogP contribution in [-0.2, 0) is 11.2 Å². The van der Waals surface area contributed by atoms with E-state index in [1.54, 1.807) is 30.3 Å². The van der Waals surface area contributed by atoms with Crippen LogP contribution in [0.5, 0.6) is 0 Å². The third-order valence-corrected chi connectivity index (χ3v) is 7.12. The minimum atomic E-state index is -1.41. The van der Waals surface area contributed by atoms with Crippen LogP contribution in [0.1, 0.15) is 39.1 Å². The number of aliphatic carboxylic acids is 1. The van der Waals surface area contributed by atoms with Crippen molar-refractivity contribution in [3.63, 3.8) is 0 Å². The Hall–Kier alpha value is -4.42. The van der Waals surface area contributed by atoms with Gasteiger partial charge in [0, 0.05) is 42.9 Å². The molecule has 0 radical (unpaired) electrons. The summed E-state index contributed by atoms with van der Waals surface area (Å²) in [5, 5.41) is 17.9. The second-order valence-corrected chi connectivity index (χ2v) is 10.1. The molecule has 1 aliphatic rings. The van der Waals surface area contributed by atoms with Crippen molar-refractivity contribution in [2.24, 2.45) is 0 Å². The number of carboxylic acids is 1. The maximum Gasteiger partial charge on any atom is 0.346 e. The first-order valence-corrected chi connectivity index (χ1v) is 13.4. The average molecular weight is 601 g/mol. The lowest BCUT2D eigenvalue weighted by molar-refractivity contribution is -0.139. The van der Waals surface area contributed by atoms with Crippen LogP contribution in [0.3, 0.4) is 0 Å². The SMILES string of the molecule is O=C(NC1CCN(C(=O)NC(Cc2cnc(=O)[nH]c2NC(=O)c2c(Cl)cccc2Cl)C(=O)O)CC1)c1ccccc1. The molecule has 1 aromatic heterocycles. The highest BCUT2D eigenvalue weighted by atomic mass is 35.5. The van der Waals surface area contributed by atoms with Gasteiger partial charge in [-0.3, -0.25) is 14.6 Å². The van der Waals surface area contributed by atoms with Crippen LogP contribution in [0.4, 0.5) is 10.6 Å². The first kappa shape index (κ1) is 29.6. The zero-order valence-corrected chi connectivity index (χ0v) is 23.0. The molecular formula is C27H26Cl2N6O6. The topological polar surface area (TPSA) is 174 Å². The van der Waals surface area contributed by atoms with E-state index in [1.807, 2.05) is 6.07 Å². The van der Waals surface area contributed by atoms with Crippen molar-refractivity contribution in [1.29, 1.82) is 0 Å². The predicted octanol–water partition coefficient (Wildman–Crippen LogP) is 2.93. The number of hydrogen-bond acceptors (Lipinski definition) is 6. The lowest BCUT2D eigenvalue weighted by Crippen LogP contribution is -2.53. The maximum atomic E-state index is 12.9. The number of H-pyrrole nitrogens is 1. The Labute approximate surface area is 244 Å². The normalized spacial score (nSPS) is 14.1. The van der Waals surface area contributed by atoms with Crippen molar-refractivity contribution < 1.29 is 24.3 Å². The minimum absolute atomic E-state index is 0.0362. The third kappa shape index (κ3) is 7.62. The average Bonchev–Trinajstić information content (AvgIpc) is 2.94. The van der Waals surface area contributed by atoms with Crippen molar-refractivity contribution in [3.8, 4) is 0 Å². The number of anilines is 1. The van der Waals surface area contributed by atoms with Gasteiger partial charge in [-0.1, -0.05) is 47.5 Å². The number of carbonyl (C=O) groups is 4. The second-order valence-electron chi connectivity index (χ2n) is 9.28. The Morgan fingerprint density at radius 2 is 1.66 bits per heavy atom. The van der Waals surface area contributed by atoms with Crippen molar-refractivity contribution in [1.82, 2.24) is 25.5 Å². The summed E-state index contributed by atoms with van der Waals surface area (Å²) in [5.41, 5.74) is -0.131. The third-order valence-electron chi connectivity index (χ3n) is 6.49. The van der Waals surface area contributed by atoms with E-state index in [4.69, 9.17) is 23.2 Å². The Morgan fingerprint density at radius 3 is 2.29 bits per heavy atom. The predicted molar refractivity (Wildman–Crippen MR) is 151 cm³/mol. The number of carbonyl (C=O) groups excluding carboxylic acids is 3. The van der Waals surface area contributed by atoms with E-state index in [1.165, 1.54) is 17.0 Å². The van der Waals surface area contributed by atoms with Gasteiger partial charge in [-0.05, 0) is 37.1 Å². The van der Waals surface area contributed by atoms with Crippen LogP contribution >= 0.6 is 23.2 Å². The van der Waals surface area contributed by atoms with Gasteiger partial charge in [0.25, 0.3) is 11.8 Å². The molecule has 0 bridgehead atoms. The molecule has 5 N–H and O–H groups in total. The van der Waals surface area contributed by atoms with Crippen LogP contribution in [0, 0.1) is 0 Å². The molecule has 1 atom stereocenters. The fourth-order valence-electron chi connectivity index (χ4n) is 4.32. The van der Waals surface area contributed by atoms with E-state index < -0.39 is 29.6 Å². The second kappa shape index (κ2) is 13.3. The fourth-order valence-corrected chi connectivity index (χ4v) is 4.89. The van der Waals surface area contributed by atoms with Gasteiger partial charge in [-0.15, -0.1) is 0 Å². The Morgan fingerprint density at radius 1 is 1.00 bits per heavy atom. The molecule has 12 nitrogen and oxygen atoms in total. The van der Waals surface area contributed by atoms with E-state index in [0.717, 1.165) is 6.20 Å². The molecule has 4 rings (SSSR count). The summed E-state index contributed by atoms with van der Waals surface area (Å²) in [4.78, 5) is 69.6. The summed E-state index contributed by atoms with van der Waals surface area (Å²) in [5.74, 6) is -2.38. The molecule has 1 unspecified atom stereocenters. The number of rotatable bonds is 8. The summed E-state index contributed by atoms with van der Waals surface area (Å²) in [6, 6.07) is 11.1. The summed E-state index contributed by atoms with van der Waals surface area (Å²) in [6.07, 6.45) is 1.80. The number of piperidine rings is 1. The lowest BCUT2D eigenvalue weighted by Gasteiger charge is -2.33. The zero-order valence-electron chi connectivity index (χ0n) is 21.5. The van der Waals surface area contributed by atoms with Crippen LogP contribution in [0.2, 0.25) is 10.0 Å². The lowest BCUT2D eigenvalue weighted by atomic mass is 10.0. The molecule has 0 aliphatic carbocycles. The van der Waals surface area contributed by atoms with Gasteiger partial charge in [0.2, 0.25) is 0 Å². The standard InChI is InChI=1S/C27H26Cl2N6O6/c28-18-7-4-8-19(29)21(18)24(37)33-22-16(14-30-26(40)34-22)13-20(25(38)39)32-27(41)35-11-9-17(10-12-35)31-23(36)15-5-2-1-3-6-15/h1-8,14,17,20H,9-13H2,(H,31,36)(H,32,41)(H,38,39)(H2,30,33,34,37,40). The number of hydrogen-bond donors (Lipinski definition) is 5. The smallest absolute Gasteiger partial charge is 0.346 e. The highest BCUT2D eigenvalue weighted by Crippen LogP contribution is 2.25. The largest absolute Gasteiger partial charge is 0.480 e. The maximum absolute atomic E-state index is 12.9. The van der Waals surface area contributed by atoms with Gasteiger partial charge in [-0.2, -0.15) is 0 Å². The molecule has 214 valence electrons. The molecule has 2 aromatic carbocycles. The summed E-state index contributed by atoms with van der Waals surface area (Å²) < 4.78 is 0. The number of likely N-dealkylation sites (tertiary alicyclic amines) is 1. The minimum Gasteiger partial charge on any atom is -0.480 e. The van der Waals surface area contributed by atoms with Gasteiger partial charge in [0.1, 0.15) is 11.9 Å². The Balaban J connectivity index is 1.39. The highest BCUT2D eigenvalue weighted by Gasteiger charge is 2.29. The van der Waals surface area contributed by atoms with E-state index in [0.29, 0.717) is 31.5 Å². The number of amides is 4. The van der Waals surface area contributed by atoms with Gasteiger partial charge in [0.05, 0.1) is 15.6 Å². The first-order chi connectivity index (χ1) is 19.6. The number of nitrogens with zero attached hydrogens (tertiary/aromatic N) is 2. The number of carboxylic acid groups (broad SMARTS) is 1. The number of aromatic nitrogens is 2. The molecule has 1 aliphatic heterocycles. The first-order valence-electron chi connectivity index (χ1n) is 12.6. The molecule has 1 fully saturated rings. The van der Waals surface area contributed by atoms with Crippen LogP contribution in [-0.4, -0.2) is 69.0 Å². The number of halogens is 2. The van der Waals surface area contributed by atoms with Crippen molar-refractivity contribution in [3.05, 3.63) is 91.9 Å². The molecule has 0 spiro atoms. The monoisotopic (exact) mass is 600 g/mol. The van der Waals surface area contributed by atoms with Gasteiger partial charge in [-0.25, -0.2) is 19.4 Å². The highest BCUT2D eigenvalue weighted by molar-refractivity contribution is 6.40. The summed E-state index contributed by atoms with van der Waals surface area (Å²) >= 11 is 12.2. The molecule has 2 heterocycles. The molecule has 41 heavy (non-hydrogen) atoms. The van der Waals surface area contributed by atoms with Crippen LogP contribution in [0.25, 0.3) is 0 Å². The van der Waals surface area contributed by atoms with Crippen LogP contribution in [0.15, 0.2) is 59.5 Å². The molecule has 14 heteroatoms. The van der Waals surface area contributed by atoms with Gasteiger partial charge >= 0.3 is 17.7 Å². The zero-order chi connectivity index (χ0) is 29.5. The number of aromatic amines is 1. The van der Waals surface area contributed by atoms with Crippen molar-refractivity contribution in [2.45, 2.75) is 31.3 Å². The van der Waals surface area contributed by atoms with Crippen molar-refractivity contribution >= 4 is 52.8 Å². The van der Waals surface area contributed by atoms with E-state index in [9.17, 15) is 29.1 Å². The summed E-state index contributed by atoms with van der Waals surface area (Å²) in [6.45, 7) is 0.607. The molecular weight excluding hydrogens is 575 g/mol. The molecule has 4 amide bonds. The van der Waals surface area contributed by atoms with Gasteiger partial charge < -0.3 is 26.0 Å².